The molecule has 2 bridgehead atoms. The lowest BCUT2D eigenvalue weighted by molar-refractivity contribution is -0.0347. The fourth-order valence-electron chi connectivity index (χ4n) is 6.57. The molecule has 2 aliphatic carbocycles. The number of amides is 1. The van der Waals surface area contributed by atoms with Crippen molar-refractivity contribution < 1.29 is 9.53 Å². The molecule has 1 N–H and O–H groups in total. The van der Waals surface area contributed by atoms with Crippen molar-refractivity contribution >= 4 is 6.09 Å². The van der Waals surface area contributed by atoms with Crippen LogP contribution in [0.3, 0.4) is 0 Å². The zero-order valence-corrected chi connectivity index (χ0v) is 20.9. The monoisotopic (exact) mass is 458 g/mol. The Hall–Kier alpha value is -2.33. The van der Waals surface area contributed by atoms with Crippen LogP contribution in [-0.4, -0.2) is 36.7 Å². The smallest absolute Gasteiger partial charge is 0.407 e. The molecule has 4 nitrogen and oxygen atoms in total. The summed E-state index contributed by atoms with van der Waals surface area (Å²) in [5.74, 6) is 0.538. The molecule has 0 radical (unpaired) electrons. The number of fused-ring (bicyclic) bond motifs is 4. The van der Waals surface area contributed by atoms with Crippen LogP contribution in [0.1, 0.15) is 75.6 Å². The van der Waals surface area contributed by atoms with Gasteiger partial charge in [-0.25, -0.2) is 4.79 Å². The second-order valence-electron chi connectivity index (χ2n) is 12.3. The van der Waals surface area contributed by atoms with E-state index in [0.717, 1.165) is 45.3 Å². The first kappa shape index (κ1) is 22.2. The highest BCUT2D eigenvalue weighted by molar-refractivity contribution is 5.70. The van der Waals surface area contributed by atoms with Gasteiger partial charge in [0.25, 0.3) is 0 Å². The number of piperidine rings is 3. The maximum atomic E-state index is 13.0. The maximum absolute atomic E-state index is 13.0. The summed E-state index contributed by atoms with van der Waals surface area (Å²) in [5, 5.41) is 3.34. The van der Waals surface area contributed by atoms with Crippen LogP contribution < -0.4 is 5.32 Å². The highest BCUT2D eigenvalue weighted by atomic mass is 16.6. The Bertz CT molecular complexity index is 1090. The molecular formula is C30H38N2O2. The van der Waals surface area contributed by atoms with Crippen molar-refractivity contribution in [2.75, 3.05) is 19.6 Å². The molecule has 5 aliphatic rings. The molecule has 180 valence electrons. The van der Waals surface area contributed by atoms with Gasteiger partial charge in [0.05, 0.1) is 6.04 Å². The number of nitrogens with zero attached hydrogens (tertiary/aromatic N) is 1. The van der Waals surface area contributed by atoms with Crippen molar-refractivity contribution in [3.8, 4) is 11.1 Å². The van der Waals surface area contributed by atoms with Crippen molar-refractivity contribution in [3.63, 3.8) is 0 Å². The Kier molecular flexibility index (Phi) is 5.29. The van der Waals surface area contributed by atoms with Gasteiger partial charge < -0.3 is 10.1 Å². The number of aryl methyl sites for hydroxylation is 1. The van der Waals surface area contributed by atoms with E-state index in [1.807, 2.05) is 0 Å². The van der Waals surface area contributed by atoms with Gasteiger partial charge >= 0.3 is 6.09 Å². The molecule has 1 amide bonds. The number of hydrogen-bond donors (Lipinski definition) is 1. The largest absolute Gasteiger partial charge is 0.445 e. The molecule has 3 aliphatic heterocycles. The van der Waals surface area contributed by atoms with E-state index in [-0.39, 0.29) is 29.1 Å². The summed E-state index contributed by atoms with van der Waals surface area (Å²) in [4.78, 5) is 15.5. The number of ether oxygens (including phenoxy) is 1. The molecule has 1 unspecified atom stereocenters. The van der Waals surface area contributed by atoms with Gasteiger partial charge in [-0.15, -0.1) is 0 Å². The average molecular weight is 459 g/mol. The first-order valence-corrected chi connectivity index (χ1v) is 13.2. The van der Waals surface area contributed by atoms with E-state index in [0.29, 0.717) is 5.92 Å². The van der Waals surface area contributed by atoms with Gasteiger partial charge in [-0.2, -0.15) is 0 Å². The van der Waals surface area contributed by atoms with Gasteiger partial charge in [0.15, 0.2) is 0 Å². The summed E-state index contributed by atoms with van der Waals surface area (Å²) < 4.78 is 6.01. The van der Waals surface area contributed by atoms with Crippen LogP contribution >= 0.6 is 0 Å². The van der Waals surface area contributed by atoms with Crippen LogP contribution in [0.4, 0.5) is 4.79 Å². The first-order valence-electron chi connectivity index (χ1n) is 13.2. The summed E-state index contributed by atoms with van der Waals surface area (Å²) in [5.41, 5.74) is 6.93. The molecule has 1 saturated carbocycles. The molecule has 3 heterocycles. The summed E-state index contributed by atoms with van der Waals surface area (Å²) >= 11 is 0. The SMILES string of the molecule is CC(C)(C)c1cccc(-c2ccc3c(c2)CCC2(CC2)C3NC(=O)O[C@@H]2CN3CCC2CC3)c1. The van der Waals surface area contributed by atoms with Crippen molar-refractivity contribution in [2.24, 2.45) is 11.3 Å². The van der Waals surface area contributed by atoms with Gasteiger partial charge in [0, 0.05) is 6.54 Å². The summed E-state index contributed by atoms with van der Waals surface area (Å²) in [6.45, 7) is 10.0. The highest BCUT2D eigenvalue weighted by Crippen LogP contribution is 2.61. The zero-order chi connectivity index (χ0) is 23.5. The topological polar surface area (TPSA) is 41.6 Å². The third-order valence-electron chi connectivity index (χ3n) is 9.03. The van der Waals surface area contributed by atoms with Crippen LogP contribution in [0, 0.1) is 11.3 Å². The minimum absolute atomic E-state index is 0.0539. The lowest BCUT2D eigenvalue weighted by Gasteiger charge is -2.44. The summed E-state index contributed by atoms with van der Waals surface area (Å²) in [6.07, 6.45) is 6.80. The Balaban J connectivity index is 1.23. The number of benzene rings is 2. The van der Waals surface area contributed by atoms with Crippen molar-refractivity contribution in [2.45, 2.75) is 76.9 Å². The Labute approximate surface area is 204 Å². The van der Waals surface area contributed by atoms with Gasteiger partial charge in [0.2, 0.25) is 0 Å². The molecule has 4 heteroatoms. The van der Waals surface area contributed by atoms with E-state index < -0.39 is 0 Å². The quantitative estimate of drug-likeness (QED) is 0.592. The predicted octanol–water partition coefficient (Wildman–Crippen LogP) is 6.24. The second kappa shape index (κ2) is 8.12. The average Bonchev–Trinajstić information content (AvgIpc) is 3.61. The van der Waals surface area contributed by atoms with E-state index in [9.17, 15) is 4.79 Å². The van der Waals surface area contributed by atoms with E-state index in [1.54, 1.807) is 0 Å². The number of carbonyl (C=O) groups is 1. The van der Waals surface area contributed by atoms with Crippen molar-refractivity contribution in [3.05, 3.63) is 59.2 Å². The number of alkyl carbamates (subject to hydrolysis) is 1. The first-order chi connectivity index (χ1) is 16.3. The molecule has 7 rings (SSSR count). The number of hydrogen-bond acceptors (Lipinski definition) is 3. The Morgan fingerprint density at radius 3 is 2.47 bits per heavy atom. The number of rotatable bonds is 3. The molecule has 3 saturated heterocycles. The molecule has 0 aromatic heterocycles. The molecule has 1 spiro atoms. The standard InChI is InChI=1S/C30H38N2O2/c1-29(2,3)24-6-4-5-21(18-24)22-7-8-25-23(17-22)9-12-30(13-14-30)27(25)31-28(33)34-26-19-32-15-10-20(26)11-16-32/h4-8,17-18,20,26-27H,9-16,19H2,1-3H3,(H,31,33)/t26-,27?/m1/s1. The Morgan fingerprint density at radius 2 is 1.79 bits per heavy atom. The molecule has 2 aromatic rings. The highest BCUT2D eigenvalue weighted by Gasteiger charge is 2.53. The third kappa shape index (κ3) is 4.04. The molecule has 2 aromatic carbocycles. The third-order valence-corrected chi connectivity index (χ3v) is 9.03. The van der Waals surface area contributed by atoms with Gasteiger partial charge in [-0.1, -0.05) is 63.2 Å². The molecule has 2 atom stereocenters. The van der Waals surface area contributed by atoms with Gasteiger partial charge in [-0.3, -0.25) is 4.90 Å². The molecular weight excluding hydrogens is 420 g/mol. The Morgan fingerprint density at radius 1 is 1.03 bits per heavy atom. The fourth-order valence-corrected chi connectivity index (χ4v) is 6.57. The van der Waals surface area contributed by atoms with Crippen LogP contribution in [0.25, 0.3) is 11.1 Å². The molecule has 4 fully saturated rings. The van der Waals surface area contributed by atoms with Crippen LogP contribution in [0.5, 0.6) is 0 Å². The predicted molar refractivity (Wildman–Crippen MR) is 136 cm³/mol. The summed E-state index contributed by atoms with van der Waals surface area (Å²) in [6, 6.07) is 15.9. The van der Waals surface area contributed by atoms with Crippen molar-refractivity contribution in [1.29, 1.82) is 0 Å². The van der Waals surface area contributed by atoms with E-state index in [1.165, 1.54) is 40.7 Å². The molecule has 34 heavy (non-hydrogen) atoms. The van der Waals surface area contributed by atoms with Gasteiger partial charge in [0.1, 0.15) is 6.10 Å². The van der Waals surface area contributed by atoms with Gasteiger partial charge in [-0.05, 0) is 96.2 Å². The maximum Gasteiger partial charge on any atom is 0.407 e. The lowest BCUT2D eigenvalue weighted by Crippen LogP contribution is -2.53. The zero-order valence-electron chi connectivity index (χ0n) is 20.9. The van der Waals surface area contributed by atoms with Crippen LogP contribution in [0.15, 0.2) is 42.5 Å². The minimum Gasteiger partial charge on any atom is -0.445 e. The van der Waals surface area contributed by atoms with Crippen LogP contribution in [-0.2, 0) is 16.6 Å². The van der Waals surface area contributed by atoms with Crippen LogP contribution in [0.2, 0.25) is 0 Å². The van der Waals surface area contributed by atoms with E-state index in [4.69, 9.17) is 4.74 Å². The summed E-state index contributed by atoms with van der Waals surface area (Å²) in [7, 11) is 0. The van der Waals surface area contributed by atoms with Crippen molar-refractivity contribution in [1.82, 2.24) is 10.2 Å². The fraction of sp³-hybridized carbons (Fsp3) is 0.567. The van der Waals surface area contributed by atoms with E-state index in [2.05, 4.69) is 73.5 Å². The minimum atomic E-state index is -0.218. The van der Waals surface area contributed by atoms with E-state index >= 15 is 0 Å². The number of nitrogens with one attached hydrogen (secondary N) is 1. The normalized spacial score (nSPS) is 28.9. The second-order valence-corrected chi connectivity index (χ2v) is 12.3. The number of carbonyl (C=O) groups excluding carboxylic acids is 1. The lowest BCUT2D eigenvalue weighted by atomic mass is 9.76.